The van der Waals surface area contributed by atoms with Crippen LogP contribution < -0.4 is 19.7 Å². The highest BCUT2D eigenvalue weighted by atomic mass is 32.2. The number of para-hydroxylation sites is 1. The van der Waals surface area contributed by atoms with Crippen LogP contribution in [0.5, 0.6) is 11.5 Å². The van der Waals surface area contributed by atoms with Gasteiger partial charge in [0.05, 0.1) is 32.7 Å². The van der Waals surface area contributed by atoms with Crippen LogP contribution in [0.4, 0.5) is 5.69 Å². The van der Waals surface area contributed by atoms with Crippen molar-refractivity contribution in [2.45, 2.75) is 18.9 Å². The lowest BCUT2D eigenvalue weighted by Gasteiger charge is -2.41. The number of carbonyl (C=O) groups excluding carboxylic acids is 2. The molecule has 0 saturated carbocycles. The highest BCUT2D eigenvalue weighted by Gasteiger charge is 2.43. The number of piperidine rings is 1. The van der Waals surface area contributed by atoms with Crippen LogP contribution in [-0.2, 0) is 9.59 Å². The van der Waals surface area contributed by atoms with Crippen molar-refractivity contribution in [2.24, 2.45) is 10.9 Å². The van der Waals surface area contributed by atoms with Crippen molar-refractivity contribution >= 4 is 34.4 Å². The topological polar surface area (TPSA) is 80.2 Å². The number of benzene rings is 2. The minimum Gasteiger partial charge on any atom is -0.497 e. The second-order valence-corrected chi connectivity index (χ2v) is 8.40. The number of amidine groups is 1. The first-order chi connectivity index (χ1) is 15.1. The fourth-order valence-corrected chi connectivity index (χ4v) is 4.82. The minimum atomic E-state index is -0.502. The summed E-state index contributed by atoms with van der Waals surface area (Å²) in [5, 5.41) is 3.62. The predicted molar refractivity (Wildman–Crippen MR) is 122 cm³/mol. The molecule has 0 bridgehead atoms. The molecule has 1 fully saturated rings. The molecule has 31 heavy (non-hydrogen) atoms. The van der Waals surface area contributed by atoms with E-state index in [-0.39, 0.29) is 18.2 Å². The molecule has 2 unspecified atom stereocenters. The molecule has 2 aliphatic rings. The van der Waals surface area contributed by atoms with E-state index in [1.165, 1.54) is 0 Å². The standard InChI is InChI=1S/C23H25N3O4S/c1-29-16-9-7-15(8-10-16)26-20(27)12-11-18(22(28)25-23-24-13-14-31-23)21(26)17-5-3-4-6-19(17)30-2/h3-10,18,21H,11-14H2,1-2H3,(H,24,25,28). The van der Waals surface area contributed by atoms with Crippen molar-refractivity contribution in [3.05, 3.63) is 54.1 Å². The average molecular weight is 440 g/mol. The Balaban J connectivity index is 1.76. The zero-order chi connectivity index (χ0) is 21.8. The summed E-state index contributed by atoms with van der Waals surface area (Å²) in [6.45, 7) is 0.706. The van der Waals surface area contributed by atoms with Crippen LogP contribution in [0.1, 0.15) is 24.4 Å². The van der Waals surface area contributed by atoms with E-state index in [2.05, 4.69) is 10.3 Å². The fraction of sp³-hybridized carbons (Fsp3) is 0.348. The number of hydrogen-bond donors (Lipinski definition) is 1. The molecule has 0 radical (unpaired) electrons. The van der Waals surface area contributed by atoms with E-state index in [4.69, 9.17) is 9.47 Å². The van der Waals surface area contributed by atoms with Crippen molar-refractivity contribution < 1.29 is 19.1 Å². The molecule has 1 saturated heterocycles. The van der Waals surface area contributed by atoms with Gasteiger partial charge in [-0.2, -0.15) is 0 Å². The molecule has 2 atom stereocenters. The van der Waals surface area contributed by atoms with Gasteiger partial charge in [0.15, 0.2) is 5.17 Å². The van der Waals surface area contributed by atoms with Crippen LogP contribution in [-0.4, -0.2) is 43.5 Å². The molecule has 8 heteroatoms. The van der Waals surface area contributed by atoms with Gasteiger partial charge in [-0.05, 0) is 36.8 Å². The van der Waals surface area contributed by atoms with Crippen molar-refractivity contribution in [1.82, 2.24) is 5.32 Å². The van der Waals surface area contributed by atoms with Crippen molar-refractivity contribution in [3.63, 3.8) is 0 Å². The Bertz CT molecular complexity index is 993. The first-order valence-electron chi connectivity index (χ1n) is 10.2. The second-order valence-electron chi connectivity index (χ2n) is 7.32. The maximum atomic E-state index is 13.3. The van der Waals surface area contributed by atoms with Gasteiger partial charge in [0.1, 0.15) is 11.5 Å². The molecule has 2 amide bonds. The van der Waals surface area contributed by atoms with Gasteiger partial charge in [-0.1, -0.05) is 30.0 Å². The van der Waals surface area contributed by atoms with Gasteiger partial charge < -0.3 is 19.7 Å². The number of methoxy groups -OCH3 is 2. The van der Waals surface area contributed by atoms with Crippen LogP contribution in [0.15, 0.2) is 53.5 Å². The molecule has 162 valence electrons. The number of anilines is 1. The molecule has 2 aromatic carbocycles. The summed E-state index contributed by atoms with van der Waals surface area (Å²) < 4.78 is 10.9. The number of carbonyl (C=O) groups is 2. The lowest BCUT2D eigenvalue weighted by molar-refractivity contribution is -0.128. The Morgan fingerprint density at radius 3 is 2.58 bits per heavy atom. The van der Waals surface area contributed by atoms with Crippen LogP contribution in [0.2, 0.25) is 0 Å². The summed E-state index contributed by atoms with van der Waals surface area (Å²) in [6, 6.07) is 14.4. The molecule has 2 heterocycles. The van der Waals surface area contributed by atoms with E-state index in [1.807, 2.05) is 48.5 Å². The number of nitrogens with zero attached hydrogens (tertiary/aromatic N) is 2. The number of nitrogens with one attached hydrogen (secondary N) is 1. The lowest BCUT2D eigenvalue weighted by atomic mass is 9.82. The maximum absolute atomic E-state index is 13.3. The number of ether oxygens (including phenoxy) is 2. The molecular formula is C23H25N3O4S. The molecule has 0 aromatic heterocycles. The Hall–Kier alpha value is -3.00. The summed E-state index contributed by atoms with van der Waals surface area (Å²) in [5.74, 6) is 1.61. The van der Waals surface area contributed by atoms with Crippen LogP contribution in [0, 0.1) is 5.92 Å². The van der Waals surface area contributed by atoms with Crippen molar-refractivity contribution in [1.29, 1.82) is 0 Å². The lowest BCUT2D eigenvalue weighted by Crippen LogP contribution is -2.49. The molecule has 0 aliphatic carbocycles. The normalized spacial score (nSPS) is 20.9. The fourth-order valence-electron chi connectivity index (χ4n) is 4.09. The Labute approximate surface area is 185 Å². The van der Waals surface area contributed by atoms with E-state index in [1.54, 1.807) is 30.9 Å². The van der Waals surface area contributed by atoms with E-state index in [9.17, 15) is 9.59 Å². The van der Waals surface area contributed by atoms with Gasteiger partial charge in [-0.3, -0.25) is 14.6 Å². The minimum absolute atomic E-state index is 0.0299. The molecule has 2 aromatic rings. The number of aliphatic imine (C=N–C) groups is 1. The smallest absolute Gasteiger partial charge is 0.231 e. The molecule has 1 N–H and O–H groups in total. The summed E-state index contributed by atoms with van der Waals surface area (Å²) in [7, 11) is 3.20. The van der Waals surface area contributed by atoms with Crippen LogP contribution in [0.3, 0.4) is 0 Å². The van der Waals surface area contributed by atoms with Crippen molar-refractivity contribution in [2.75, 3.05) is 31.4 Å². The van der Waals surface area contributed by atoms with Crippen LogP contribution >= 0.6 is 11.8 Å². The van der Waals surface area contributed by atoms with E-state index < -0.39 is 12.0 Å². The Kier molecular flexibility index (Phi) is 6.46. The SMILES string of the molecule is COc1ccc(N2C(=O)CCC(C(=O)NC3=NCCS3)C2c2ccccc2OC)cc1. The summed E-state index contributed by atoms with van der Waals surface area (Å²) >= 11 is 1.54. The Morgan fingerprint density at radius 2 is 1.90 bits per heavy atom. The van der Waals surface area contributed by atoms with Gasteiger partial charge >= 0.3 is 0 Å². The molecule has 2 aliphatic heterocycles. The third kappa shape index (κ3) is 4.39. The van der Waals surface area contributed by atoms with Gasteiger partial charge in [-0.15, -0.1) is 0 Å². The zero-order valence-electron chi connectivity index (χ0n) is 17.5. The molecule has 7 nitrogen and oxygen atoms in total. The third-order valence-corrected chi connectivity index (χ3v) is 6.45. The number of rotatable bonds is 5. The largest absolute Gasteiger partial charge is 0.497 e. The summed E-state index contributed by atoms with van der Waals surface area (Å²) in [6.07, 6.45) is 0.743. The van der Waals surface area contributed by atoms with E-state index >= 15 is 0 Å². The zero-order valence-corrected chi connectivity index (χ0v) is 18.4. The number of hydrogen-bond acceptors (Lipinski definition) is 6. The second kappa shape index (κ2) is 9.43. The number of thioether (sulfide) groups is 1. The van der Waals surface area contributed by atoms with Gasteiger partial charge in [-0.25, -0.2) is 0 Å². The quantitative estimate of drug-likeness (QED) is 0.772. The highest BCUT2D eigenvalue weighted by molar-refractivity contribution is 8.14. The third-order valence-electron chi connectivity index (χ3n) is 5.56. The van der Waals surface area contributed by atoms with E-state index in [0.29, 0.717) is 35.3 Å². The summed E-state index contributed by atoms with van der Waals surface area (Å²) in [5.41, 5.74) is 1.52. The Morgan fingerprint density at radius 1 is 1.13 bits per heavy atom. The first kappa shape index (κ1) is 21.2. The molecule has 4 rings (SSSR count). The monoisotopic (exact) mass is 439 g/mol. The van der Waals surface area contributed by atoms with Crippen LogP contribution in [0.25, 0.3) is 0 Å². The van der Waals surface area contributed by atoms with Gasteiger partial charge in [0.2, 0.25) is 11.8 Å². The predicted octanol–water partition coefficient (Wildman–Crippen LogP) is 3.41. The maximum Gasteiger partial charge on any atom is 0.231 e. The number of amides is 2. The first-order valence-corrected chi connectivity index (χ1v) is 11.2. The average Bonchev–Trinajstić information content (AvgIpc) is 3.32. The summed E-state index contributed by atoms with van der Waals surface area (Å²) in [4.78, 5) is 32.5. The van der Waals surface area contributed by atoms with Crippen molar-refractivity contribution in [3.8, 4) is 11.5 Å². The van der Waals surface area contributed by atoms with Gasteiger partial charge in [0.25, 0.3) is 0 Å². The molecular weight excluding hydrogens is 414 g/mol. The van der Waals surface area contributed by atoms with E-state index in [0.717, 1.165) is 11.3 Å². The molecule has 0 spiro atoms. The highest BCUT2D eigenvalue weighted by Crippen LogP contribution is 2.43. The van der Waals surface area contributed by atoms with Gasteiger partial charge in [0, 0.05) is 23.4 Å².